The molecule has 0 bridgehead atoms. The summed E-state index contributed by atoms with van der Waals surface area (Å²) in [5.41, 5.74) is 2.55. The predicted octanol–water partition coefficient (Wildman–Crippen LogP) is 0.914. The maximum absolute atomic E-state index is 11.4. The number of rotatable bonds is 2. The number of hydrogen-bond donors (Lipinski definition) is 2. The Morgan fingerprint density at radius 3 is 3.07 bits per heavy atom. The van der Waals surface area contributed by atoms with Crippen LogP contribution in [0.4, 0.5) is 16.2 Å². The van der Waals surface area contributed by atoms with Gasteiger partial charge in [0, 0.05) is 19.3 Å². The van der Waals surface area contributed by atoms with E-state index in [0.717, 1.165) is 11.3 Å². The van der Waals surface area contributed by atoms with Crippen LogP contribution in [-0.4, -0.2) is 19.5 Å². The Labute approximate surface area is 87.1 Å². The van der Waals surface area contributed by atoms with Crippen LogP contribution in [0.15, 0.2) is 18.2 Å². The molecule has 0 saturated carbocycles. The smallest absolute Gasteiger partial charge is 0.321 e. The molecule has 78 valence electrons. The molecule has 15 heavy (non-hydrogen) atoms. The Kier molecular flexibility index (Phi) is 2.29. The van der Waals surface area contributed by atoms with Gasteiger partial charge in [0.15, 0.2) is 0 Å². The van der Waals surface area contributed by atoms with Crippen LogP contribution in [0.25, 0.3) is 0 Å². The molecule has 1 heterocycles. The Bertz CT molecular complexity index is 417. The number of nitrogens with one attached hydrogen (secondary N) is 2. The van der Waals surface area contributed by atoms with E-state index in [2.05, 4.69) is 10.6 Å². The zero-order valence-corrected chi connectivity index (χ0v) is 8.28. The van der Waals surface area contributed by atoms with E-state index in [-0.39, 0.29) is 6.03 Å². The van der Waals surface area contributed by atoms with Crippen LogP contribution in [0, 0.1) is 0 Å². The molecule has 0 unspecified atom stereocenters. The lowest BCUT2D eigenvalue weighted by atomic mass is 10.1. The van der Waals surface area contributed by atoms with Crippen LogP contribution < -0.4 is 15.5 Å². The van der Waals surface area contributed by atoms with Crippen LogP contribution >= 0.6 is 0 Å². The minimum atomic E-state index is -0.134. The fourth-order valence-corrected chi connectivity index (χ4v) is 1.58. The van der Waals surface area contributed by atoms with Gasteiger partial charge in [0.1, 0.15) is 0 Å². The van der Waals surface area contributed by atoms with E-state index in [4.69, 9.17) is 0 Å². The average molecular weight is 205 g/mol. The van der Waals surface area contributed by atoms with Crippen molar-refractivity contribution in [2.75, 3.05) is 17.3 Å². The summed E-state index contributed by atoms with van der Waals surface area (Å²) in [6.07, 6.45) is 0.616. The largest absolute Gasteiger partial charge is 0.334 e. The van der Waals surface area contributed by atoms with Crippen molar-refractivity contribution in [2.45, 2.75) is 6.54 Å². The Morgan fingerprint density at radius 1 is 1.53 bits per heavy atom. The summed E-state index contributed by atoms with van der Waals surface area (Å²) < 4.78 is 0. The lowest BCUT2D eigenvalue weighted by molar-refractivity contribution is -0.105. The molecule has 2 N–H and O–H groups in total. The molecule has 3 amide bonds. The highest BCUT2D eigenvalue weighted by atomic mass is 16.2. The van der Waals surface area contributed by atoms with Crippen molar-refractivity contribution < 1.29 is 9.59 Å². The molecule has 0 aromatic heterocycles. The van der Waals surface area contributed by atoms with Crippen LogP contribution in [0.3, 0.4) is 0 Å². The quantitative estimate of drug-likeness (QED) is 0.705. The summed E-state index contributed by atoms with van der Waals surface area (Å²) in [5, 5.41) is 5.29. The molecule has 1 aliphatic rings. The highest BCUT2D eigenvalue weighted by Crippen LogP contribution is 2.26. The van der Waals surface area contributed by atoms with Crippen LogP contribution in [0.5, 0.6) is 0 Å². The average Bonchev–Trinajstić information content (AvgIpc) is 2.25. The van der Waals surface area contributed by atoms with Gasteiger partial charge >= 0.3 is 6.03 Å². The fourth-order valence-electron chi connectivity index (χ4n) is 1.58. The standard InChI is InChI=1S/C10H11N3O2/c1-13-9-4-8(12-6-14)3-2-7(9)5-11-10(13)15/h2-4,6H,5H2,1H3,(H,11,15)(H,12,14). The van der Waals surface area contributed by atoms with E-state index >= 15 is 0 Å². The van der Waals surface area contributed by atoms with Gasteiger partial charge in [0.2, 0.25) is 6.41 Å². The molecule has 5 nitrogen and oxygen atoms in total. The SMILES string of the molecule is CN1C(=O)NCc2ccc(NC=O)cc21. The number of urea groups is 1. The highest BCUT2D eigenvalue weighted by Gasteiger charge is 2.19. The third-order valence-corrected chi connectivity index (χ3v) is 2.41. The number of anilines is 2. The number of fused-ring (bicyclic) bond motifs is 1. The van der Waals surface area contributed by atoms with Crippen molar-refractivity contribution in [3.8, 4) is 0 Å². The van der Waals surface area contributed by atoms with Crippen LogP contribution in [0.1, 0.15) is 5.56 Å². The summed E-state index contributed by atoms with van der Waals surface area (Å²) in [4.78, 5) is 23.2. The number of carbonyl (C=O) groups excluding carboxylic acids is 2. The minimum Gasteiger partial charge on any atom is -0.334 e. The summed E-state index contributed by atoms with van der Waals surface area (Å²) in [6, 6.07) is 5.34. The third kappa shape index (κ3) is 1.63. The maximum atomic E-state index is 11.4. The monoisotopic (exact) mass is 205 g/mol. The van der Waals surface area contributed by atoms with Gasteiger partial charge in [-0.25, -0.2) is 4.79 Å². The lowest BCUT2D eigenvalue weighted by Crippen LogP contribution is -2.41. The van der Waals surface area contributed by atoms with Gasteiger partial charge in [-0.15, -0.1) is 0 Å². The Balaban J connectivity index is 2.40. The summed E-state index contributed by atoms with van der Waals surface area (Å²) in [5.74, 6) is 0. The number of benzene rings is 1. The van der Waals surface area contributed by atoms with Crippen molar-refractivity contribution in [3.05, 3.63) is 23.8 Å². The molecule has 0 fully saturated rings. The molecule has 1 aliphatic heterocycles. The third-order valence-electron chi connectivity index (χ3n) is 2.41. The molecular formula is C10H11N3O2. The van der Waals surface area contributed by atoms with Gasteiger partial charge in [-0.05, 0) is 17.7 Å². The van der Waals surface area contributed by atoms with Crippen LogP contribution in [-0.2, 0) is 11.3 Å². The molecule has 2 rings (SSSR count). The van der Waals surface area contributed by atoms with E-state index in [9.17, 15) is 9.59 Å². The van der Waals surface area contributed by atoms with Crippen molar-refractivity contribution >= 4 is 23.8 Å². The molecule has 5 heteroatoms. The zero-order valence-electron chi connectivity index (χ0n) is 8.28. The number of nitrogens with zero attached hydrogens (tertiary/aromatic N) is 1. The molecule has 1 aromatic carbocycles. The normalized spacial score (nSPS) is 14.2. The summed E-state index contributed by atoms with van der Waals surface area (Å²) in [6.45, 7) is 0.528. The molecular weight excluding hydrogens is 194 g/mol. The molecule has 0 aliphatic carbocycles. The molecule has 0 radical (unpaired) electrons. The van der Waals surface area contributed by atoms with Gasteiger partial charge < -0.3 is 10.6 Å². The van der Waals surface area contributed by atoms with E-state index in [1.165, 1.54) is 4.90 Å². The molecule has 0 saturated heterocycles. The zero-order chi connectivity index (χ0) is 10.8. The van der Waals surface area contributed by atoms with Gasteiger partial charge in [-0.1, -0.05) is 6.07 Å². The van der Waals surface area contributed by atoms with Crippen molar-refractivity contribution in [3.63, 3.8) is 0 Å². The van der Waals surface area contributed by atoms with E-state index in [1.54, 1.807) is 19.2 Å². The molecule has 0 spiro atoms. The fraction of sp³-hybridized carbons (Fsp3) is 0.200. The van der Waals surface area contributed by atoms with Crippen molar-refractivity contribution in [1.29, 1.82) is 0 Å². The second-order valence-corrected chi connectivity index (χ2v) is 3.32. The van der Waals surface area contributed by atoms with Gasteiger partial charge in [-0.3, -0.25) is 9.69 Å². The van der Waals surface area contributed by atoms with Crippen LogP contribution in [0.2, 0.25) is 0 Å². The number of amides is 3. The highest BCUT2D eigenvalue weighted by molar-refractivity contribution is 5.95. The minimum absolute atomic E-state index is 0.134. The second kappa shape index (κ2) is 3.61. The van der Waals surface area contributed by atoms with E-state index in [0.29, 0.717) is 18.6 Å². The Morgan fingerprint density at radius 2 is 2.33 bits per heavy atom. The number of hydrogen-bond acceptors (Lipinski definition) is 2. The lowest BCUT2D eigenvalue weighted by Gasteiger charge is -2.26. The predicted molar refractivity (Wildman–Crippen MR) is 56.8 cm³/mol. The molecule has 1 aromatic rings. The van der Waals surface area contributed by atoms with Gasteiger partial charge in [0.25, 0.3) is 0 Å². The van der Waals surface area contributed by atoms with Gasteiger partial charge in [-0.2, -0.15) is 0 Å². The van der Waals surface area contributed by atoms with Crippen molar-refractivity contribution in [1.82, 2.24) is 5.32 Å². The maximum Gasteiger partial charge on any atom is 0.321 e. The van der Waals surface area contributed by atoms with Crippen molar-refractivity contribution in [2.24, 2.45) is 0 Å². The number of carbonyl (C=O) groups is 2. The first-order valence-electron chi connectivity index (χ1n) is 4.57. The van der Waals surface area contributed by atoms with E-state index in [1.807, 2.05) is 6.07 Å². The summed E-state index contributed by atoms with van der Waals surface area (Å²) in [7, 11) is 1.69. The Hall–Kier alpha value is -2.04. The first kappa shape index (κ1) is 9.51. The second-order valence-electron chi connectivity index (χ2n) is 3.32. The molecule has 0 atom stereocenters. The van der Waals surface area contributed by atoms with Gasteiger partial charge in [0.05, 0.1) is 5.69 Å². The topological polar surface area (TPSA) is 61.4 Å². The first-order chi connectivity index (χ1) is 7.22. The van der Waals surface area contributed by atoms with E-state index < -0.39 is 0 Å². The summed E-state index contributed by atoms with van der Waals surface area (Å²) >= 11 is 0. The first-order valence-corrected chi connectivity index (χ1v) is 4.57.